The largest absolute Gasteiger partial charge is 0.497 e. The van der Waals surface area contributed by atoms with Crippen LogP contribution in [0, 0.1) is 0 Å². The molecule has 1 atom stereocenters. The number of halogens is 1. The molecule has 0 saturated carbocycles. The minimum Gasteiger partial charge on any atom is -0.497 e. The van der Waals surface area contributed by atoms with Gasteiger partial charge in [0, 0.05) is 24.9 Å². The van der Waals surface area contributed by atoms with Crippen LogP contribution in [0.2, 0.25) is 0 Å². The van der Waals surface area contributed by atoms with Gasteiger partial charge in [0.15, 0.2) is 0 Å². The molecule has 1 N–H and O–H groups in total. The van der Waals surface area contributed by atoms with Crippen molar-refractivity contribution in [2.75, 3.05) is 21.3 Å². The molecule has 6 heteroatoms. The lowest BCUT2D eigenvalue weighted by molar-refractivity contribution is 0.394. The number of alkyl halides is 1. The molecule has 0 heterocycles. The summed E-state index contributed by atoms with van der Waals surface area (Å²) in [4.78, 5) is 8.28. The first-order valence-electron chi connectivity index (χ1n) is 6.34. The van der Waals surface area contributed by atoms with Gasteiger partial charge in [-0.3, -0.25) is 4.99 Å². The van der Waals surface area contributed by atoms with Crippen molar-refractivity contribution in [3.8, 4) is 11.5 Å². The first kappa shape index (κ1) is 17.0. The number of benzene rings is 1. The Balaban J connectivity index is 3.28. The molecule has 0 bridgehead atoms. The van der Waals surface area contributed by atoms with Gasteiger partial charge in [0.25, 0.3) is 0 Å². The molecule has 0 aliphatic heterocycles. The molecule has 0 aliphatic carbocycles. The van der Waals surface area contributed by atoms with Gasteiger partial charge in [0.05, 0.1) is 25.4 Å². The third kappa shape index (κ3) is 5.47. The zero-order valence-corrected chi connectivity index (χ0v) is 13.4. The number of ether oxygens (including phenoxy) is 2. The van der Waals surface area contributed by atoms with E-state index in [1.54, 1.807) is 33.5 Å². The third-order valence-electron chi connectivity index (χ3n) is 2.49. The van der Waals surface area contributed by atoms with Gasteiger partial charge in [-0.2, -0.15) is 0 Å². The fourth-order valence-corrected chi connectivity index (χ4v) is 1.74. The molecule has 1 aromatic carbocycles. The van der Waals surface area contributed by atoms with Gasteiger partial charge >= 0.3 is 0 Å². The Kier molecular flexibility index (Phi) is 6.75. The Morgan fingerprint density at radius 2 is 1.86 bits per heavy atom. The van der Waals surface area contributed by atoms with Crippen molar-refractivity contribution in [3.05, 3.63) is 36.0 Å². The normalized spacial score (nSPS) is 13.1. The molecule has 1 aromatic rings. The number of aliphatic imine (C=N–C) groups is 2. The van der Waals surface area contributed by atoms with Crippen molar-refractivity contribution in [3.63, 3.8) is 0 Å². The SMILES string of the molecule is C=C(/C=N\C)/N=C(\NC(C)Cl)c1cc(OC)cc(OC)c1. The number of nitrogens with one attached hydrogen (secondary N) is 1. The van der Waals surface area contributed by atoms with Crippen LogP contribution in [0.25, 0.3) is 0 Å². The minimum absolute atomic E-state index is 0.299. The molecule has 0 radical (unpaired) electrons. The van der Waals surface area contributed by atoms with Gasteiger partial charge in [-0.1, -0.05) is 18.2 Å². The summed E-state index contributed by atoms with van der Waals surface area (Å²) in [5.74, 6) is 1.89. The number of methoxy groups -OCH3 is 2. The summed E-state index contributed by atoms with van der Waals surface area (Å²) < 4.78 is 10.5. The van der Waals surface area contributed by atoms with E-state index in [1.165, 1.54) is 0 Å². The van der Waals surface area contributed by atoms with E-state index in [0.29, 0.717) is 23.0 Å². The second-order valence-electron chi connectivity index (χ2n) is 4.20. The van der Waals surface area contributed by atoms with Crippen molar-refractivity contribution >= 4 is 23.7 Å². The van der Waals surface area contributed by atoms with Crippen LogP contribution in [0.3, 0.4) is 0 Å². The van der Waals surface area contributed by atoms with Crippen molar-refractivity contribution < 1.29 is 9.47 Å². The molecule has 0 aromatic heterocycles. The van der Waals surface area contributed by atoms with Crippen LogP contribution in [0.15, 0.2) is 40.5 Å². The molecule has 1 rings (SSSR count). The van der Waals surface area contributed by atoms with Gasteiger partial charge in [-0.05, 0) is 19.1 Å². The van der Waals surface area contributed by atoms with Crippen molar-refractivity contribution in [1.82, 2.24) is 5.32 Å². The quantitative estimate of drug-likeness (QED) is 0.380. The summed E-state index contributed by atoms with van der Waals surface area (Å²) >= 11 is 6.01. The molecule has 0 saturated heterocycles. The number of allylic oxidation sites excluding steroid dienone is 1. The van der Waals surface area contributed by atoms with E-state index in [2.05, 4.69) is 21.9 Å². The van der Waals surface area contributed by atoms with Crippen molar-refractivity contribution in [1.29, 1.82) is 0 Å². The number of hydrogen-bond donors (Lipinski definition) is 1. The van der Waals surface area contributed by atoms with E-state index in [9.17, 15) is 0 Å². The predicted octanol–water partition coefficient (Wildman–Crippen LogP) is 2.84. The molecule has 0 fully saturated rings. The van der Waals surface area contributed by atoms with E-state index < -0.39 is 0 Å². The highest BCUT2D eigenvalue weighted by Crippen LogP contribution is 2.23. The van der Waals surface area contributed by atoms with Crippen LogP contribution in [0.5, 0.6) is 11.5 Å². The topological polar surface area (TPSA) is 55.2 Å². The summed E-state index contributed by atoms with van der Waals surface area (Å²) in [5, 5.41) is 3.07. The summed E-state index contributed by atoms with van der Waals surface area (Å²) in [5.41, 5.74) is 0.996. The number of rotatable bonds is 6. The maximum Gasteiger partial charge on any atom is 0.135 e. The van der Waals surface area contributed by atoms with E-state index in [4.69, 9.17) is 21.1 Å². The molecular formula is C15H20ClN3O2. The summed E-state index contributed by atoms with van der Waals surface area (Å²) in [6, 6.07) is 5.46. The molecule has 114 valence electrons. The van der Waals surface area contributed by atoms with Gasteiger partial charge in [0.1, 0.15) is 17.3 Å². The Morgan fingerprint density at radius 3 is 2.29 bits per heavy atom. The van der Waals surface area contributed by atoms with E-state index in [1.807, 2.05) is 19.1 Å². The second-order valence-corrected chi connectivity index (χ2v) is 4.86. The monoisotopic (exact) mass is 309 g/mol. The van der Waals surface area contributed by atoms with Gasteiger partial charge in [0.2, 0.25) is 0 Å². The predicted molar refractivity (Wildman–Crippen MR) is 88.1 cm³/mol. The molecule has 1 unspecified atom stereocenters. The van der Waals surface area contributed by atoms with Crippen LogP contribution in [0.1, 0.15) is 12.5 Å². The highest BCUT2D eigenvalue weighted by atomic mass is 35.5. The lowest BCUT2D eigenvalue weighted by Gasteiger charge is -2.14. The lowest BCUT2D eigenvalue weighted by atomic mass is 10.1. The number of amidine groups is 1. The van der Waals surface area contributed by atoms with E-state index >= 15 is 0 Å². The number of nitrogens with zero attached hydrogens (tertiary/aromatic N) is 2. The van der Waals surface area contributed by atoms with Crippen LogP contribution < -0.4 is 14.8 Å². The van der Waals surface area contributed by atoms with Crippen LogP contribution >= 0.6 is 11.6 Å². The lowest BCUT2D eigenvalue weighted by Crippen LogP contribution is -2.29. The zero-order valence-electron chi connectivity index (χ0n) is 12.7. The van der Waals surface area contributed by atoms with Crippen LogP contribution in [-0.2, 0) is 0 Å². The highest BCUT2D eigenvalue weighted by molar-refractivity contribution is 6.21. The Hall–Kier alpha value is -2.01. The van der Waals surface area contributed by atoms with E-state index in [-0.39, 0.29) is 5.50 Å². The Morgan fingerprint density at radius 1 is 1.29 bits per heavy atom. The van der Waals surface area contributed by atoms with Crippen LogP contribution in [0.4, 0.5) is 0 Å². The molecule has 0 aliphatic rings. The summed E-state index contributed by atoms with van der Waals surface area (Å²) in [7, 11) is 4.85. The van der Waals surface area contributed by atoms with Gasteiger partial charge < -0.3 is 14.8 Å². The fraction of sp³-hybridized carbons (Fsp3) is 0.333. The summed E-state index contributed by atoms with van der Waals surface area (Å²) in [6.07, 6.45) is 1.57. The summed E-state index contributed by atoms with van der Waals surface area (Å²) in [6.45, 7) is 5.63. The molecule has 21 heavy (non-hydrogen) atoms. The number of hydrogen-bond acceptors (Lipinski definition) is 4. The fourth-order valence-electron chi connectivity index (χ4n) is 1.63. The molecule has 5 nitrogen and oxygen atoms in total. The molecular weight excluding hydrogens is 290 g/mol. The Bertz CT molecular complexity index is 532. The smallest absolute Gasteiger partial charge is 0.135 e. The first-order chi connectivity index (χ1) is 9.99. The van der Waals surface area contributed by atoms with Crippen molar-refractivity contribution in [2.24, 2.45) is 9.98 Å². The first-order valence-corrected chi connectivity index (χ1v) is 6.77. The minimum atomic E-state index is -0.299. The zero-order chi connectivity index (χ0) is 15.8. The average molecular weight is 310 g/mol. The maximum absolute atomic E-state index is 6.01. The van der Waals surface area contributed by atoms with Gasteiger partial charge in [-0.25, -0.2) is 4.99 Å². The third-order valence-corrected chi connectivity index (χ3v) is 2.60. The Labute approximate surface area is 130 Å². The van der Waals surface area contributed by atoms with Crippen molar-refractivity contribution in [2.45, 2.75) is 12.4 Å². The van der Waals surface area contributed by atoms with E-state index in [0.717, 1.165) is 5.56 Å². The standard InChI is InChI=1S/C15H20ClN3O2/c1-10(9-17-3)18-15(19-11(2)16)12-6-13(20-4)8-14(7-12)21-5/h6-9,11H,1H2,2-5H3,(H,18,19)/b17-9-. The molecule has 0 amide bonds. The second kappa shape index (κ2) is 8.32. The highest BCUT2D eigenvalue weighted by Gasteiger charge is 2.10. The van der Waals surface area contributed by atoms with Gasteiger partial charge in [-0.15, -0.1) is 0 Å². The maximum atomic E-state index is 6.01. The molecule has 0 spiro atoms. The average Bonchev–Trinajstić information content (AvgIpc) is 2.45. The van der Waals surface area contributed by atoms with Crippen LogP contribution in [-0.4, -0.2) is 38.8 Å².